The van der Waals surface area contributed by atoms with Crippen LogP contribution in [0.25, 0.3) is 0 Å². The molecule has 2 amide bonds. The van der Waals surface area contributed by atoms with Gasteiger partial charge in [0.1, 0.15) is 0 Å². The summed E-state index contributed by atoms with van der Waals surface area (Å²) in [4.78, 5) is 34.8. The fourth-order valence-corrected chi connectivity index (χ4v) is 2.51. The molecule has 0 aliphatic rings. The molecule has 0 aromatic heterocycles. The Morgan fingerprint density at radius 1 is 1.10 bits per heavy atom. The van der Waals surface area contributed by atoms with Crippen LogP contribution in [0.15, 0.2) is 41.5 Å². The van der Waals surface area contributed by atoms with Crippen LogP contribution in [0.4, 0.5) is 11.4 Å². The highest BCUT2D eigenvalue weighted by atomic mass is 16.6. The number of non-ortho nitro benzene ring substituents is 1. The van der Waals surface area contributed by atoms with Gasteiger partial charge in [0, 0.05) is 23.4 Å². The van der Waals surface area contributed by atoms with Crippen LogP contribution in [0.2, 0.25) is 0 Å². The first kappa shape index (κ1) is 22.3. The predicted molar refractivity (Wildman–Crippen MR) is 111 cm³/mol. The topological polar surface area (TPSA) is 132 Å². The number of carbonyl (C=O) groups is 2. The van der Waals surface area contributed by atoms with Crippen LogP contribution in [0.3, 0.4) is 0 Å². The van der Waals surface area contributed by atoms with Gasteiger partial charge in [-0.3, -0.25) is 19.7 Å². The predicted octanol–water partition coefficient (Wildman–Crippen LogP) is 3.05. The SMILES string of the molecule is COc1ccc(C(=O)N/N=C(\C)CC(=O)Nc2cc([N+](=O)[O-])ccc2C)cc1OC. The fraction of sp³-hybridized carbons (Fsp3) is 0.250. The van der Waals surface area contributed by atoms with Gasteiger partial charge < -0.3 is 14.8 Å². The first-order chi connectivity index (χ1) is 14.2. The van der Waals surface area contributed by atoms with Crippen molar-refractivity contribution in [1.82, 2.24) is 5.43 Å². The summed E-state index contributed by atoms with van der Waals surface area (Å²) < 4.78 is 10.3. The molecule has 0 aliphatic heterocycles. The number of nitro benzene ring substituents is 1. The number of aryl methyl sites for hydroxylation is 1. The normalized spacial score (nSPS) is 10.9. The molecule has 2 N–H and O–H groups in total. The van der Waals surface area contributed by atoms with E-state index >= 15 is 0 Å². The van der Waals surface area contributed by atoms with E-state index in [1.807, 2.05) is 0 Å². The van der Waals surface area contributed by atoms with E-state index in [0.717, 1.165) is 0 Å². The molecule has 0 saturated heterocycles. The Morgan fingerprint density at radius 3 is 2.43 bits per heavy atom. The van der Waals surface area contributed by atoms with Gasteiger partial charge in [0.05, 0.1) is 31.3 Å². The van der Waals surface area contributed by atoms with Gasteiger partial charge in [0.2, 0.25) is 5.91 Å². The summed E-state index contributed by atoms with van der Waals surface area (Å²) in [6.45, 7) is 3.30. The maximum absolute atomic E-state index is 12.3. The average Bonchev–Trinajstić information content (AvgIpc) is 2.72. The Morgan fingerprint density at radius 2 is 1.80 bits per heavy atom. The monoisotopic (exact) mass is 414 g/mol. The first-order valence-corrected chi connectivity index (χ1v) is 8.85. The van der Waals surface area contributed by atoms with E-state index in [1.54, 1.807) is 32.0 Å². The van der Waals surface area contributed by atoms with Crippen molar-refractivity contribution >= 4 is 28.9 Å². The lowest BCUT2D eigenvalue weighted by Gasteiger charge is -2.09. The van der Waals surface area contributed by atoms with Gasteiger partial charge in [0.25, 0.3) is 11.6 Å². The lowest BCUT2D eigenvalue weighted by molar-refractivity contribution is -0.384. The molecule has 0 spiro atoms. The minimum atomic E-state index is -0.536. The molecule has 2 aromatic carbocycles. The summed E-state index contributed by atoms with van der Waals surface area (Å²) in [5.41, 5.74) is 3.94. The second-order valence-corrected chi connectivity index (χ2v) is 6.34. The zero-order valence-corrected chi connectivity index (χ0v) is 17.0. The standard InChI is InChI=1S/C20H22N4O6/c1-12-5-7-15(24(27)28)11-16(12)21-19(25)9-13(2)22-23-20(26)14-6-8-17(29-3)18(10-14)30-4/h5-8,10-11H,9H2,1-4H3,(H,21,25)(H,23,26)/b22-13+. The molecule has 2 aromatic rings. The third kappa shape index (κ3) is 5.77. The number of methoxy groups -OCH3 is 2. The van der Waals surface area contributed by atoms with Gasteiger partial charge in [-0.25, -0.2) is 5.43 Å². The van der Waals surface area contributed by atoms with E-state index in [1.165, 1.54) is 32.4 Å². The highest BCUT2D eigenvalue weighted by Gasteiger charge is 2.13. The van der Waals surface area contributed by atoms with Gasteiger partial charge in [-0.15, -0.1) is 0 Å². The van der Waals surface area contributed by atoms with Crippen LogP contribution < -0.4 is 20.2 Å². The number of nitro groups is 1. The number of anilines is 1. The fourth-order valence-electron chi connectivity index (χ4n) is 2.51. The van der Waals surface area contributed by atoms with E-state index < -0.39 is 16.7 Å². The summed E-state index contributed by atoms with van der Waals surface area (Å²) in [6.07, 6.45) is -0.103. The van der Waals surface area contributed by atoms with Gasteiger partial charge in [-0.1, -0.05) is 6.07 Å². The maximum Gasteiger partial charge on any atom is 0.271 e. The van der Waals surface area contributed by atoms with E-state index in [2.05, 4.69) is 15.8 Å². The summed E-state index contributed by atoms with van der Waals surface area (Å²) >= 11 is 0. The van der Waals surface area contributed by atoms with Gasteiger partial charge >= 0.3 is 0 Å². The van der Waals surface area contributed by atoms with Crippen molar-refractivity contribution in [1.29, 1.82) is 0 Å². The zero-order chi connectivity index (χ0) is 22.3. The number of ether oxygens (including phenoxy) is 2. The molecule has 0 atom stereocenters. The maximum atomic E-state index is 12.3. The number of benzene rings is 2. The third-order valence-electron chi connectivity index (χ3n) is 4.12. The second kappa shape index (κ2) is 10.0. The van der Waals surface area contributed by atoms with Crippen molar-refractivity contribution in [3.63, 3.8) is 0 Å². The third-order valence-corrected chi connectivity index (χ3v) is 4.12. The molecular formula is C20H22N4O6. The minimum Gasteiger partial charge on any atom is -0.493 e. The van der Waals surface area contributed by atoms with Crippen molar-refractivity contribution < 1.29 is 24.0 Å². The van der Waals surface area contributed by atoms with Crippen molar-refractivity contribution in [2.75, 3.05) is 19.5 Å². The number of hydrogen-bond donors (Lipinski definition) is 2. The molecule has 158 valence electrons. The number of hydrogen-bond acceptors (Lipinski definition) is 7. The number of carbonyl (C=O) groups excluding carboxylic acids is 2. The number of amides is 2. The summed E-state index contributed by atoms with van der Waals surface area (Å²) in [5.74, 6) is -0.00940. The lowest BCUT2D eigenvalue weighted by Crippen LogP contribution is -2.21. The van der Waals surface area contributed by atoms with E-state index in [9.17, 15) is 19.7 Å². The van der Waals surface area contributed by atoms with Gasteiger partial charge in [-0.2, -0.15) is 5.10 Å². The summed E-state index contributed by atoms with van der Waals surface area (Å²) in [5, 5.41) is 17.4. The molecule has 2 rings (SSSR count). The lowest BCUT2D eigenvalue weighted by atomic mass is 10.1. The quantitative estimate of drug-likeness (QED) is 0.388. The molecule has 0 aliphatic carbocycles. The second-order valence-electron chi connectivity index (χ2n) is 6.34. The number of nitrogens with zero attached hydrogens (tertiary/aromatic N) is 2. The van der Waals surface area contributed by atoms with Crippen LogP contribution in [0.1, 0.15) is 29.3 Å². The number of rotatable bonds is 8. The van der Waals surface area contributed by atoms with Crippen LogP contribution in [-0.2, 0) is 4.79 Å². The molecule has 0 unspecified atom stereocenters. The molecule has 0 radical (unpaired) electrons. The largest absolute Gasteiger partial charge is 0.493 e. The average molecular weight is 414 g/mol. The zero-order valence-electron chi connectivity index (χ0n) is 17.0. The van der Waals surface area contributed by atoms with Crippen molar-refractivity contribution in [3.8, 4) is 11.5 Å². The molecule has 0 fully saturated rings. The van der Waals surface area contributed by atoms with Crippen LogP contribution >= 0.6 is 0 Å². The van der Waals surface area contributed by atoms with Gasteiger partial charge in [0.15, 0.2) is 11.5 Å². The number of hydrazone groups is 1. The highest BCUT2D eigenvalue weighted by Crippen LogP contribution is 2.27. The Hall–Kier alpha value is -3.95. The van der Waals surface area contributed by atoms with Crippen molar-refractivity contribution in [2.24, 2.45) is 5.10 Å². The Labute approximate surface area is 173 Å². The molecule has 10 heteroatoms. The van der Waals surface area contributed by atoms with E-state index in [0.29, 0.717) is 34.0 Å². The van der Waals surface area contributed by atoms with Crippen LogP contribution in [0, 0.1) is 17.0 Å². The molecular weight excluding hydrogens is 392 g/mol. The molecule has 10 nitrogen and oxygen atoms in total. The first-order valence-electron chi connectivity index (χ1n) is 8.85. The summed E-state index contributed by atoms with van der Waals surface area (Å²) in [7, 11) is 2.95. The minimum absolute atomic E-state index is 0.103. The Kier molecular flexibility index (Phi) is 7.45. The molecule has 0 heterocycles. The summed E-state index contributed by atoms with van der Waals surface area (Å²) in [6, 6.07) is 8.87. The smallest absolute Gasteiger partial charge is 0.271 e. The Balaban J connectivity index is 2.00. The van der Waals surface area contributed by atoms with Crippen molar-refractivity contribution in [3.05, 3.63) is 57.6 Å². The number of nitrogens with one attached hydrogen (secondary N) is 2. The van der Waals surface area contributed by atoms with Crippen molar-refractivity contribution in [2.45, 2.75) is 20.3 Å². The highest BCUT2D eigenvalue weighted by molar-refractivity contribution is 6.06. The molecule has 30 heavy (non-hydrogen) atoms. The van der Waals surface area contributed by atoms with Crippen LogP contribution in [0.5, 0.6) is 11.5 Å². The van der Waals surface area contributed by atoms with E-state index in [-0.39, 0.29) is 12.1 Å². The molecule has 0 saturated carbocycles. The van der Waals surface area contributed by atoms with Gasteiger partial charge in [-0.05, 0) is 37.6 Å². The molecule has 0 bridgehead atoms. The van der Waals surface area contributed by atoms with E-state index in [4.69, 9.17) is 9.47 Å². The van der Waals surface area contributed by atoms with Crippen LogP contribution in [-0.4, -0.2) is 36.7 Å². The Bertz CT molecular complexity index is 1000.